The summed E-state index contributed by atoms with van der Waals surface area (Å²) in [5.41, 5.74) is 3.03. The summed E-state index contributed by atoms with van der Waals surface area (Å²) in [5.74, 6) is 0.318. The third kappa shape index (κ3) is 3.26. The highest BCUT2D eigenvalue weighted by Gasteiger charge is 2.24. The van der Waals surface area contributed by atoms with Gasteiger partial charge in [0.2, 0.25) is 0 Å². The molecule has 1 aliphatic heterocycles. The topological polar surface area (TPSA) is 58.1 Å². The minimum atomic E-state index is -0.311. The van der Waals surface area contributed by atoms with Crippen LogP contribution in [0.4, 0.5) is 20.7 Å². The number of aryl methyl sites for hydroxylation is 1. The number of benzene rings is 1. The Balaban J connectivity index is 1.66. The van der Waals surface area contributed by atoms with E-state index in [1.165, 1.54) is 12.1 Å². The maximum atomic E-state index is 13.5. The highest BCUT2D eigenvalue weighted by atomic mass is 19.1. The number of pyridine rings is 2. The zero-order valence-corrected chi connectivity index (χ0v) is 14.0. The molecular weight excluding hydrogens is 331 g/mol. The number of halogens is 1. The van der Waals surface area contributed by atoms with Gasteiger partial charge in [-0.05, 0) is 48.7 Å². The standard InChI is InChI=1S/C20H17FN4O/c21-16-5-1-3-15(13-16)18-7-6-14-4-2-12-25(19(14)24-18)20(26)23-17-8-10-22-11-9-17/h1,3,5-11,13H,2,4,12H2,(H,22,23,26). The van der Waals surface area contributed by atoms with Crippen LogP contribution in [0, 0.1) is 5.82 Å². The Morgan fingerprint density at radius 3 is 2.77 bits per heavy atom. The van der Waals surface area contributed by atoms with Crippen LogP contribution in [0.2, 0.25) is 0 Å². The number of hydrogen-bond acceptors (Lipinski definition) is 3. The number of fused-ring (bicyclic) bond motifs is 1. The molecule has 26 heavy (non-hydrogen) atoms. The maximum Gasteiger partial charge on any atom is 0.327 e. The zero-order valence-electron chi connectivity index (χ0n) is 14.0. The molecule has 0 saturated carbocycles. The summed E-state index contributed by atoms with van der Waals surface area (Å²) >= 11 is 0. The summed E-state index contributed by atoms with van der Waals surface area (Å²) in [6.45, 7) is 0.587. The Labute approximate surface area is 150 Å². The van der Waals surface area contributed by atoms with Gasteiger partial charge in [-0.15, -0.1) is 0 Å². The van der Waals surface area contributed by atoms with Crippen LogP contribution in [0.5, 0.6) is 0 Å². The summed E-state index contributed by atoms with van der Waals surface area (Å²) < 4.78 is 13.5. The van der Waals surface area contributed by atoms with Crippen molar-refractivity contribution in [1.82, 2.24) is 9.97 Å². The molecule has 6 heteroatoms. The van der Waals surface area contributed by atoms with Gasteiger partial charge in [-0.2, -0.15) is 0 Å². The Bertz CT molecular complexity index is 946. The van der Waals surface area contributed by atoms with E-state index in [1.807, 2.05) is 18.2 Å². The van der Waals surface area contributed by atoms with Gasteiger partial charge < -0.3 is 5.32 Å². The van der Waals surface area contributed by atoms with Gasteiger partial charge in [-0.1, -0.05) is 18.2 Å². The first kappa shape index (κ1) is 16.2. The highest BCUT2D eigenvalue weighted by Crippen LogP contribution is 2.29. The molecule has 4 rings (SSSR count). The van der Waals surface area contributed by atoms with Gasteiger partial charge in [0, 0.05) is 30.2 Å². The summed E-state index contributed by atoms with van der Waals surface area (Å²) in [5, 5.41) is 2.87. The molecule has 2 amide bonds. The molecule has 0 bridgehead atoms. The average Bonchev–Trinajstić information content (AvgIpc) is 2.68. The quantitative estimate of drug-likeness (QED) is 0.752. The van der Waals surface area contributed by atoms with Crippen LogP contribution in [0.1, 0.15) is 12.0 Å². The number of urea groups is 1. The smallest absolute Gasteiger partial charge is 0.307 e. The Hall–Kier alpha value is -3.28. The van der Waals surface area contributed by atoms with Crippen molar-refractivity contribution in [2.75, 3.05) is 16.8 Å². The number of amides is 2. The normalized spacial score (nSPS) is 13.2. The first-order chi connectivity index (χ1) is 12.7. The number of nitrogens with zero attached hydrogens (tertiary/aromatic N) is 3. The number of carbonyl (C=O) groups is 1. The number of nitrogens with one attached hydrogen (secondary N) is 1. The monoisotopic (exact) mass is 348 g/mol. The summed E-state index contributed by atoms with van der Waals surface area (Å²) in [7, 11) is 0. The van der Waals surface area contributed by atoms with Crippen molar-refractivity contribution in [3.63, 3.8) is 0 Å². The van der Waals surface area contributed by atoms with E-state index in [2.05, 4.69) is 15.3 Å². The Kier molecular flexibility index (Phi) is 4.31. The van der Waals surface area contributed by atoms with Gasteiger partial charge in [-0.3, -0.25) is 9.88 Å². The molecule has 0 unspecified atom stereocenters. The summed E-state index contributed by atoms with van der Waals surface area (Å²) in [6.07, 6.45) is 4.99. The van der Waals surface area contributed by atoms with E-state index in [0.717, 1.165) is 18.4 Å². The molecule has 3 aromatic rings. The third-order valence-electron chi connectivity index (χ3n) is 4.34. The van der Waals surface area contributed by atoms with Crippen LogP contribution in [-0.2, 0) is 6.42 Å². The van der Waals surface area contributed by atoms with Crippen molar-refractivity contribution in [3.8, 4) is 11.3 Å². The molecule has 5 nitrogen and oxygen atoms in total. The largest absolute Gasteiger partial charge is 0.327 e. The Morgan fingerprint density at radius 1 is 1.12 bits per heavy atom. The molecule has 1 aliphatic rings. The van der Waals surface area contributed by atoms with E-state index in [1.54, 1.807) is 35.5 Å². The first-order valence-corrected chi connectivity index (χ1v) is 8.45. The first-order valence-electron chi connectivity index (χ1n) is 8.45. The van der Waals surface area contributed by atoms with Crippen molar-refractivity contribution in [2.24, 2.45) is 0 Å². The molecule has 130 valence electrons. The van der Waals surface area contributed by atoms with E-state index in [4.69, 9.17) is 0 Å². The van der Waals surface area contributed by atoms with E-state index >= 15 is 0 Å². The van der Waals surface area contributed by atoms with Gasteiger partial charge >= 0.3 is 6.03 Å². The van der Waals surface area contributed by atoms with Crippen LogP contribution in [-0.4, -0.2) is 22.5 Å². The fraction of sp³-hybridized carbons (Fsp3) is 0.150. The highest BCUT2D eigenvalue weighted by molar-refractivity contribution is 6.01. The predicted molar refractivity (Wildman–Crippen MR) is 98.6 cm³/mol. The number of hydrogen-bond donors (Lipinski definition) is 1. The SMILES string of the molecule is O=C(Nc1ccncc1)N1CCCc2ccc(-c3cccc(F)c3)nc21. The van der Waals surface area contributed by atoms with Crippen LogP contribution in [0.15, 0.2) is 60.9 Å². The lowest BCUT2D eigenvalue weighted by Gasteiger charge is -2.28. The van der Waals surface area contributed by atoms with Crippen LogP contribution in [0.25, 0.3) is 11.3 Å². The van der Waals surface area contributed by atoms with Gasteiger partial charge in [0.05, 0.1) is 5.69 Å². The molecule has 1 N–H and O–H groups in total. The lowest BCUT2D eigenvalue weighted by Crippen LogP contribution is -2.39. The molecular formula is C20H17FN4O. The number of anilines is 2. The molecule has 1 aromatic carbocycles. The van der Waals surface area contributed by atoms with Crippen molar-refractivity contribution in [1.29, 1.82) is 0 Å². The van der Waals surface area contributed by atoms with E-state index in [9.17, 15) is 9.18 Å². The molecule has 0 spiro atoms. The van der Waals surface area contributed by atoms with Crippen molar-refractivity contribution in [2.45, 2.75) is 12.8 Å². The van der Waals surface area contributed by atoms with Crippen LogP contribution >= 0.6 is 0 Å². The van der Waals surface area contributed by atoms with Crippen LogP contribution in [0.3, 0.4) is 0 Å². The second kappa shape index (κ2) is 6.92. The minimum Gasteiger partial charge on any atom is -0.307 e. The number of carbonyl (C=O) groups excluding carboxylic acids is 1. The second-order valence-corrected chi connectivity index (χ2v) is 6.11. The van der Waals surface area contributed by atoms with E-state index in [-0.39, 0.29) is 11.8 Å². The molecule has 0 saturated heterocycles. The lowest BCUT2D eigenvalue weighted by molar-refractivity contribution is 0.256. The summed E-state index contributed by atoms with van der Waals surface area (Å²) in [6, 6.07) is 13.4. The van der Waals surface area contributed by atoms with Gasteiger partial charge in [0.25, 0.3) is 0 Å². The van der Waals surface area contributed by atoms with Gasteiger partial charge in [-0.25, -0.2) is 14.2 Å². The molecule has 0 fully saturated rings. The maximum absolute atomic E-state index is 13.5. The number of aromatic nitrogens is 2. The molecule has 0 aliphatic carbocycles. The van der Waals surface area contributed by atoms with Gasteiger partial charge in [0.1, 0.15) is 11.6 Å². The second-order valence-electron chi connectivity index (χ2n) is 6.11. The van der Waals surface area contributed by atoms with E-state index < -0.39 is 0 Å². The van der Waals surface area contributed by atoms with Crippen molar-refractivity contribution < 1.29 is 9.18 Å². The van der Waals surface area contributed by atoms with Crippen LogP contribution < -0.4 is 10.2 Å². The molecule has 3 heterocycles. The average molecular weight is 348 g/mol. The fourth-order valence-corrected chi connectivity index (χ4v) is 3.07. The zero-order chi connectivity index (χ0) is 17.9. The minimum absolute atomic E-state index is 0.235. The molecule has 0 radical (unpaired) electrons. The van der Waals surface area contributed by atoms with E-state index in [0.29, 0.717) is 29.3 Å². The third-order valence-corrected chi connectivity index (χ3v) is 4.34. The molecule has 0 atom stereocenters. The van der Waals surface area contributed by atoms with Gasteiger partial charge in [0.15, 0.2) is 0 Å². The summed E-state index contributed by atoms with van der Waals surface area (Å²) in [4.78, 5) is 23.0. The Morgan fingerprint density at radius 2 is 1.96 bits per heavy atom. The van der Waals surface area contributed by atoms with Crippen molar-refractivity contribution >= 4 is 17.5 Å². The fourth-order valence-electron chi connectivity index (χ4n) is 3.07. The predicted octanol–water partition coefficient (Wildman–Crippen LogP) is 4.27. The lowest BCUT2D eigenvalue weighted by atomic mass is 10.0. The molecule has 2 aromatic heterocycles. The number of rotatable bonds is 2. The van der Waals surface area contributed by atoms with Crippen molar-refractivity contribution in [3.05, 3.63) is 72.3 Å².